The van der Waals surface area contributed by atoms with Crippen molar-refractivity contribution in [2.75, 3.05) is 6.79 Å². The molecule has 0 unspecified atom stereocenters. The smallest absolute Gasteiger partial charge is 0.278 e. The second-order valence-corrected chi connectivity index (χ2v) is 5.09. The summed E-state index contributed by atoms with van der Waals surface area (Å²) >= 11 is 0. The largest absolute Gasteiger partial charge is 0.454 e. The number of nitrogens with two attached hydrogens (primary N) is 1. The zero-order valence-electron chi connectivity index (χ0n) is 10.5. The van der Waals surface area contributed by atoms with Crippen LogP contribution in [-0.2, 0) is 0 Å². The third kappa shape index (κ3) is 2.12. The molecule has 3 rings (SSSR count). The van der Waals surface area contributed by atoms with Gasteiger partial charge in [-0.1, -0.05) is 12.8 Å². The summed E-state index contributed by atoms with van der Waals surface area (Å²) in [5.74, 6) is 1.29. The van der Waals surface area contributed by atoms with E-state index >= 15 is 0 Å². The maximum atomic E-state index is 11.2. The fourth-order valence-corrected chi connectivity index (χ4v) is 2.94. The number of nitro groups is 1. The highest BCUT2D eigenvalue weighted by molar-refractivity contribution is 5.56. The predicted molar refractivity (Wildman–Crippen MR) is 68.1 cm³/mol. The molecular formula is C13H16N2O4. The molecule has 1 saturated carbocycles. The summed E-state index contributed by atoms with van der Waals surface area (Å²) in [4.78, 5) is 10.8. The van der Waals surface area contributed by atoms with Gasteiger partial charge in [0.05, 0.1) is 16.6 Å². The third-order valence-corrected chi connectivity index (χ3v) is 3.99. The Kier molecular flexibility index (Phi) is 3.02. The first-order valence-corrected chi connectivity index (χ1v) is 6.50. The molecule has 1 aromatic rings. The standard InChI is InChI=1S/C13H16N2O4/c14-13(8-3-1-2-4-8)9-5-11-12(19-7-18-11)6-10(9)15(16)17/h5-6,8,13H,1-4,7,14H2/t13-/m1/s1. The molecule has 0 radical (unpaired) electrons. The molecule has 19 heavy (non-hydrogen) atoms. The van der Waals surface area contributed by atoms with Crippen LogP contribution in [0.25, 0.3) is 0 Å². The molecule has 6 heteroatoms. The van der Waals surface area contributed by atoms with Gasteiger partial charge in [-0.15, -0.1) is 0 Å². The summed E-state index contributed by atoms with van der Waals surface area (Å²) in [5.41, 5.74) is 6.82. The molecule has 0 amide bonds. The average Bonchev–Trinajstić information content (AvgIpc) is 3.06. The molecule has 2 aliphatic rings. The highest BCUT2D eigenvalue weighted by Gasteiger charge is 2.31. The molecule has 2 N–H and O–H groups in total. The van der Waals surface area contributed by atoms with Crippen molar-refractivity contribution < 1.29 is 14.4 Å². The molecule has 102 valence electrons. The normalized spacial score (nSPS) is 19.6. The maximum Gasteiger partial charge on any atom is 0.278 e. The van der Waals surface area contributed by atoms with Crippen LogP contribution >= 0.6 is 0 Å². The zero-order chi connectivity index (χ0) is 13.4. The van der Waals surface area contributed by atoms with Gasteiger partial charge < -0.3 is 15.2 Å². The Morgan fingerprint density at radius 3 is 2.53 bits per heavy atom. The predicted octanol–water partition coefficient (Wildman–Crippen LogP) is 2.51. The van der Waals surface area contributed by atoms with Gasteiger partial charge >= 0.3 is 0 Å². The van der Waals surface area contributed by atoms with Gasteiger partial charge in [0, 0.05) is 6.04 Å². The third-order valence-electron chi connectivity index (χ3n) is 3.99. The lowest BCUT2D eigenvalue weighted by atomic mass is 9.91. The van der Waals surface area contributed by atoms with Crippen molar-refractivity contribution >= 4 is 5.69 Å². The molecule has 0 bridgehead atoms. The molecule has 6 nitrogen and oxygen atoms in total. The summed E-state index contributed by atoms with van der Waals surface area (Å²) in [6.07, 6.45) is 4.37. The van der Waals surface area contributed by atoms with Crippen LogP contribution in [0, 0.1) is 16.0 Å². The van der Waals surface area contributed by atoms with Gasteiger partial charge in [-0.05, 0) is 24.8 Å². The van der Waals surface area contributed by atoms with Crippen molar-refractivity contribution in [1.29, 1.82) is 0 Å². The van der Waals surface area contributed by atoms with Gasteiger partial charge in [0.25, 0.3) is 5.69 Å². The average molecular weight is 264 g/mol. The van der Waals surface area contributed by atoms with Gasteiger partial charge in [0.1, 0.15) is 0 Å². The Morgan fingerprint density at radius 1 is 1.26 bits per heavy atom. The van der Waals surface area contributed by atoms with E-state index in [9.17, 15) is 10.1 Å². The van der Waals surface area contributed by atoms with E-state index < -0.39 is 4.92 Å². The van der Waals surface area contributed by atoms with E-state index in [-0.39, 0.29) is 18.5 Å². The van der Waals surface area contributed by atoms with Gasteiger partial charge in [-0.25, -0.2) is 0 Å². The van der Waals surface area contributed by atoms with Crippen LogP contribution in [0.1, 0.15) is 37.3 Å². The van der Waals surface area contributed by atoms with Crippen LogP contribution in [0.2, 0.25) is 0 Å². The topological polar surface area (TPSA) is 87.6 Å². The quantitative estimate of drug-likeness (QED) is 0.669. The Labute approximate surface area is 110 Å². The fraction of sp³-hybridized carbons (Fsp3) is 0.538. The van der Waals surface area contributed by atoms with Crippen LogP contribution in [0.3, 0.4) is 0 Å². The number of nitrogens with zero attached hydrogens (tertiary/aromatic N) is 1. The minimum absolute atomic E-state index is 0.0312. The first-order valence-electron chi connectivity index (χ1n) is 6.50. The van der Waals surface area contributed by atoms with Crippen LogP contribution in [0.5, 0.6) is 11.5 Å². The lowest BCUT2D eigenvalue weighted by Crippen LogP contribution is -2.20. The van der Waals surface area contributed by atoms with E-state index in [4.69, 9.17) is 15.2 Å². The molecule has 0 saturated heterocycles. The number of fused-ring (bicyclic) bond motifs is 1. The summed E-state index contributed by atoms with van der Waals surface area (Å²) < 4.78 is 10.5. The Morgan fingerprint density at radius 2 is 1.89 bits per heavy atom. The second-order valence-electron chi connectivity index (χ2n) is 5.09. The number of hydrogen-bond acceptors (Lipinski definition) is 5. The van der Waals surface area contributed by atoms with E-state index in [1.165, 1.54) is 6.07 Å². The van der Waals surface area contributed by atoms with Crippen molar-refractivity contribution in [3.05, 3.63) is 27.8 Å². The SMILES string of the molecule is N[C@@H](c1cc2c(cc1[N+](=O)[O-])OCO2)C1CCCC1. The molecular weight excluding hydrogens is 248 g/mol. The molecule has 1 aromatic carbocycles. The number of hydrogen-bond donors (Lipinski definition) is 1. The van der Waals surface area contributed by atoms with E-state index in [1.807, 2.05) is 0 Å². The molecule has 1 aliphatic heterocycles. The summed E-state index contributed by atoms with van der Waals surface area (Å²) in [6.45, 7) is 0.106. The number of ether oxygens (including phenoxy) is 2. The molecule has 1 heterocycles. The van der Waals surface area contributed by atoms with Gasteiger partial charge in [0.15, 0.2) is 11.5 Å². The number of nitro benzene ring substituents is 1. The molecule has 0 aromatic heterocycles. The first-order chi connectivity index (χ1) is 9.16. The van der Waals surface area contributed by atoms with Crippen LogP contribution in [0.15, 0.2) is 12.1 Å². The molecule has 1 aliphatic carbocycles. The molecule has 1 fully saturated rings. The van der Waals surface area contributed by atoms with Crippen molar-refractivity contribution in [3.8, 4) is 11.5 Å². The van der Waals surface area contributed by atoms with E-state index in [1.54, 1.807) is 6.07 Å². The van der Waals surface area contributed by atoms with Gasteiger partial charge in [0.2, 0.25) is 6.79 Å². The van der Waals surface area contributed by atoms with Crippen LogP contribution < -0.4 is 15.2 Å². The van der Waals surface area contributed by atoms with Crippen molar-refractivity contribution in [2.24, 2.45) is 11.7 Å². The van der Waals surface area contributed by atoms with Gasteiger partial charge in [-0.3, -0.25) is 10.1 Å². The Balaban J connectivity index is 2.00. The highest BCUT2D eigenvalue weighted by Crippen LogP contribution is 2.43. The first kappa shape index (κ1) is 12.2. The fourth-order valence-electron chi connectivity index (χ4n) is 2.94. The summed E-state index contributed by atoms with van der Waals surface area (Å²) in [5, 5.41) is 11.2. The molecule has 0 spiro atoms. The molecule has 1 atom stereocenters. The van der Waals surface area contributed by atoms with Gasteiger partial charge in [-0.2, -0.15) is 0 Å². The lowest BCUT2D eigenvalue weighted by molar-refractivity contribution is -0.385. The van der Waals surface area contributed by atoms with E-state index in [0.717, 1.165) is 25.7 Å². The Hall–Kier alpha value is -1.82. The minimum atomic E-state index is -0.397. The van der Waals surface area contributed by atoms with E-state index in [2.05, 4.69) is 0 Å². The number of benzene rings is 1. The highest BCUT2D eigenvalue weighted by atomic mass is 16.7. The summed E-state index contributed by atoms with van der Waals surface area (Å²) in [7, 11) is 0. The lowest BCUT2D eigenvalue weighted by Gasteiger charge is -2.19. The Bertz CT molecular complexity index is 512. The van der Waals surface area contributed by atoms with Crippen LogP contribution in [-0.4, -0.2) is 11.7 Å². The minimum Gasteiger partial charge on any atom is -0.454 e. The van der Waals surface area contributed by atoms with E-state index in [0.29, 0.717) is 23.0 Å². The summed E-state index contributed by atoms with van der Waals surface area (Å²) in [6, 6.07) is 2.79. The monoisotopic (exact) mass is 264 g/mol. The van der Waals surface area contributed by atoms with Crippen LogP contribution in [0.4, 0.5) is 5.69 Å². The van der Waals surface area contributed by atoms with Crippen molar-refractivity contribution in [1.82, 2.24) is 0 Å². The van der Waals surface area contributed by atoms with Crippen molar-refractivity contribution in [3.63, 3.8) is 0 Å². The van der Waals surface area contributed by atoms with Crippen molar-refractivity contribution in [2.45, 2.75) is 31.7 Å². The number of rotatable bonds is 3. The maximum absolute atomic E-state index is 11.2. The second kappa shape index (κ2) is 4.70. The zero-order valence-corrected chi connectivity index (χ0v) is 10.5.